The van der Waals surface area contributed by atoms with Crippen LogP contribution in [0.3, 0.4) is 0 Å². The van der Waals surface area contributed by atoms with E-state index in [0.29, 0.717) is 13.0 Å². The van der Waals surface area contributed by atoms with E-state index in [9.17, 15) is 4.79 Å². The highest BCUT2D eigenvalue weighted by atomic mass is 16.5. The molecule has 182 valence electrons. The fourth-order valence-corrected chi connectivity index (χ4v) is 4.18. The molecule has 3 N–H and O–H groups in total. The van der Waals surface area contributed by atoms with E-state index in [1.807, 2.05) is 66.7 Å². The number of carbonyl (C=O) groups excluding carboxylic acids is 1. The Balaban J connectivity index is 1.30. The molecule has 7 nitrogen and oxygen atoms in total. The summed E-state index contributed by atoms with van der Waals surface area (Å²) < 4.78 is 6.09. The van der Waals surface area contributed by atoms with Gasteiger partial charge in [-0.2, -0.15) is 5.10 Å². The van der Waals surface area contributed by atoms with E-state index < -0.39 is 6.04 Å². The van der Waals surface area contributed by atoms with E-state index in [1.54, 1.807) is 6.21 Å². The van der Waals surface area contributed by atoms with Crippen LogP contribution in [-0.2, 0) is 11.4 Å². The molecule has 0 radical (unpaired) electrons. The SMILES string of the molecule is CCN(CC)c1ccc(/C=N/NC(=O)C2CC(c3ccccc3OCc3ccccc3)NN2)cc1. The molecular weight excluding hydrogens is 438 g/mol. The molecule has 0 bridgehead atoms. The lowest BCUT2D eigenvalue weighted by molar-refractivity contribution is -0.122. The van der Waals surface area contributed by atoms with E-state index in [2.05, 4.69) is 52.3 Å². The van der Waals surface area contributed by atoms with Gasteiger partial charge in [0.25, 0.3) is 5.91 Å². The van der Waals surface area contributed by atoms with Gasteiger partial charge in [0, 0.05) is 24.3 Å². The number of hydrogen-bond donors (Lipinski definition) is 3. The number of hydrazine groups is 1. The third-order valence-electron chi connectivity index (χ3n) is 6.16. The van der Waals surface area contributed by atoms with Gasteiger partial charge < -0.3 is 9.64 Å². The van der Waals surface area contributed by atoms with Crippen molar-refractivity contribution in [2.75, 3.05) is 18.0 Å². The van der Waals surface area contributed by atoms with Crippen LogP contribution in [0.4, 0.5) is 5.69 Å². The van der Waals surface area contributed by atoms with E-state index >= 15 is 0 Å². The molecular formula is C28H33N5O2. The summed E-state index contributed by atoms with van der Waals surface area (Å²) in [4.78, 5) is 14.9. The summed E-state index contributed by atoms with van der Waals surface area (Å²) in [7, 11) is 0. The zero-order valence-electron chi connectivity index (χ0n) is 20.3. The van der Waals surface area contributed by atoms with Gasteiger partial charge in [-0.1, -0.05) is 60.7 Å². The Bertz CT molecular complexity index is 1110. The molecule has 1 aliphatic rings. The summed E-state index contributed by atoms with van der Waals surface area (Å²) in [5.41, 5.74) is 13.2. The second kappa shape index (κ2) is 12.1. The summed E-state index contributed by atoms with van der Waals surface area (Å²) in [5.74, 6) is 0.626. The average molecular weight is 472 g/mol. The van der Waals surface area contributed by atoms with Gasteiger partial charge in [0.1, 0.15) is 18.4 Å². The van der Waals surface area contributed by atoms with Crippen LogP contribution in [0.25, 0.3) is 0 Å². The van der Waals surface area contributed by atoms with Crippen LogP contribution in [0, 0.1) is 0 Å². The normalized spacial score (nSPS) is 17.4. The number of ether oxygens (including phenoxy) is 1. The number of nitrogens with zero attached hydrogens (tertiary/aromatic N) is 2. The standard InChI is InChI=1S/C28H33N5O2/c1-3-33(4-2)23-16-14-21(15-17-23)19-29-32-28(34)26-18-25(30-31-26)24-12-8-9-13-27(24)35-20-22-10-6-5-7-11-22/h5-17,19,25-26,30-31H,3-4,18,20H2,1-2H3,(H,32,34)/b29-19+. The second-order valence-corrected chi connectivity index (χ2v) is 8.44. The Morgan fingerprint density at radius 1 is 1.00 bits per heavy atom. The van der Waals surface area contributed by atoms with Crippen LogP contribution in [0.1, 0.15) is 43.0 Å². The maximum Gasteiger partial charge on any atom is 0.258 e. The fourth-order valence-electron chi connectivity index (χ4n) is 4.18. The first kappa shape index (κ1) is 24.4. The smallest absolute Gasteiger partial charge is 0.258 e. The lowest BCUT2D eigenvalue weighted by Crippen LogP contribution is -2.41. The largest absolute Gasteiger partial charge is 0.489 e. The van der Waals surface area contributed by atoms with Gasteiger partial charge >= 0.3 is 0 Å². The average Bonchev–Trinajstić information content (AvgIpc) is 3.40. The van der Waals surface area contributed by atoms with Crippen molar-refractivity contribution in [3.8, 4) is 5.75 Å². The lowest BCUT2D eigenvalue weighted by atomic mass is 10.0. The quantitative estimate of drug-likeness (QED) is 0.306. The van der Waals surface area contributed by atoms with E-state index in [1.165, 1.54) is 5.69 Å². The highest BCUT2D eigenvalue weighted by molar-refractivity contribution is 5.85. The van der Waals surface area contributed by atoms with Gasteiger partial charge in [-0.05, 0) is 49.6 Å². The molecule has 0 spiro atoms. The molecule has 0 aromatic heterocycles. The zero-order valence-corrected chi connectivity index (χ0v) is 20.3. The Hall–Kier alpha value is -3.68. The van der Waals surface area contributed by atoms with E-state index in [0.717, 1.165) is 35.5 Å². The zero-order chi connectivity index (χ0) is 24.5. The molecule has 35 heavy (non-hydrogen) atoms. The van der Waals surface area contributed by atoms with Crippen LogP contribution < -0.4 is 25.9 Å². The van der Waals surface area contributed by atoms with Gasteiger partial charge in [-0.3, -0.25) is 4.79 Å². The van der Waals surface area contributed by atoms with Crippen LogP contribution in [-0.4, -0.2) is 31.3 Å². The van der Waals surface area contributed by atoms with Crippen molar-refractivity contribution in [1.29, 1.82) is 0 Å². The highest BCUT2D eigenvalue weighted by Crippen LogP contribution is 2.30. The number of para-hydroxylation sites is 1. The number of hydrazone groups is 1. The molecule has 1 amide bonds. The maximum atomic E-state index is 12.7. The molecule has 4 rings (SSSR count). The van der Waals surface area contributed by atoms with E-state index in [4.69, 9.17) is 4.74 Å². The second-order valence-electron chi connectivity index (χ2n) is 8.44. The van der Waals surface area contributed by atoms with Crippen molar-refractivity contribution < 1.29 is 9.53 Å². The summed E-state index contributed by atoms with van der Waals surface area (Å²) in [5, 5.41) is 4.15. The third-order valence-corrected chi connectivity index (χ3v) is 6.16. The minimum atomic E-state index is -0.399. The topological polar surface area (TPSA) is 78.0 Å². The van der Waals surface area contributed by atoms with Crippen molar-refractivity contribution in [1.82, 2.24) is 16.3 Å². The minimum absolute atomic E-state index is 0.0469. The number of rotatable bonds is 10. The Kier molecular flexibility index (Phi) is 8.48. The molecule has 0 saturated carbocycles. The third kappa shape index (κ3) is 6.47. The van der Waals surface area contributed by atoms with Gasteiger partial charge in [0.15, 0.2) is 0 Å². The predicted octanol–water partition coefficient (Wildman–Crippen LogP) is 4.17. The van der Waals surface area contributed by atoms with Crippen LogP contribution >= 0.6 is 0 Å². The first-order chi connectivity index (χ1) is 17.2. The van der Waals surface area contributed by atoms with Crippen molar-refractivity contribution >= 4 is 17.8 Å². The van der Waals surface area contributed by atoms with Crippen molar-refractivity contribution in [3.63, 3.8) is 0 Å². The minimum Gasteiger partial charge on any atom is -0.489 e. The van der Waals surface area contributed by atoms with Crippen LogP contribution in [0.5, 0.6) is 5.75 Å². The van der Waals surface area contributed by atoms with Crippen LogP contribution in [0.15, 0.2) is 84.0 Å². The summed E-state index contributed by atoms with van der Waals surface area (Å²) in [6.07, 6.45) is 2.25. The Morgan fingerprint density at radius 2 is 1.71 bits per heavy atom. The molecule has 7 heteroatoms. The lowest BCUT2D eigenvalue weighted by Gasteiger charge is -2.20. The number of carbonyl (C=O) groups is 1. The molecule has 0 aliphatic carbocycles. The predicted molar refractivity (Wildman–Crippen MR) is 140 cm³/mol. The number of nitrogens with one attached hydrogen (secondary N) is 3. The molecule has 3 aromatic carbocycles. The first-order valence-corrected chi connectivity index (χ1v) is 12.1. The number of benzene rings is 3. The molecule has 1 heterocycles. The van der Waals surface area contributed by atoms with E-state index in [-0.39, 0.29) is 11.9 Å². The number of amides is 1. The van der Waals surface area contributed by atoms with Gasteiger partial charge in [-0.25, -0.2) is 16.3 Å². The number of anilines is 1. The summed E-state index contributed by atoms with van der Waals surface area (Å²) in [6, 6.07) is 25.7. The fraction of sp³-hybridized carbons (Fsp3) is 0.286. The van der Waals surface area contributed by atoms with Crippen molar-refractivity contribution in [2.45, 2.75) is 39.0 Å². The van der Waals surface area contributed by atoms with Gasteiger partial charge in [0.2, 0.25) is 0 Å². The molecule has 1 aliphatic heterocycles. The van der Waals surface area contributed by atoms with Crippen molar-refractivity contribution in [2.24, 2.45) is 5.10 Å². The molecule has 2 atom stereocenters. The molecule has 1 saturated heterocycles. The molecule has 1 fully saturated rings. The van der Waals surface area contributed by atoms with Crippen molar-refractivity contribution in [3.05, 3.63) is 95.6 Å². The maximum absolute atomic E-state index is 12.7. The monoisotopic (exact) mass is 471 g/mol. The Morgan fingerprint density at radius 3 is 2.46 bits per heavy atom. The van der Waals surface area contributed by atoms with Crippen LogP contribution in [0.2, 0.25) is 0 Å². The van der Waals surface area contributed by atoms with Gasteiger partial charge in [0.05, 0.1) is 12.3 Å². The Labute approximate surface area is 207 Å². The molecule has 3 aromatic rings. The summed E-state index contributed by atoms with van der Waals surface area (Å²) >= 11 is 0. The van der Waals surface area contributed by atoms with Gasteiger partial charge in [-0.15, -0.1) is 0 Å². The summed E-state index contributed by atoms with van der Waals surface area (Å²) in [6.45, 7) is 6.70. The first-order valence-electron chi connectivity index (χ1n) is 12.1. The molecule has 2 unspecified atom stereocenters. The highest BCUT2D eigenvalue weighted by Gasteiger charge is 2.31. The number of hydrogen-bond acceptors (Lipinski definition) is 6.